The summed E-state index contributed by atoms with van der Waals surface area (Å²) in [4.78, 5) is 18.8. The smallest absolute Gasteiger partial charge is 0.224 e. The maximum Gasteiger partial charge on any atom is 0.224 e. The minimum atomic E-state index is 0.0615. The zero-order chi connectivity index (χ0) is 17.2. The van der Waals surface area contributed by atoms with Gasteiger partial charge < -0.3 is 15.3 Å². The van der Waals surface area contributed by atoms with Crippen molar-refractivity contribution in [2.75, 3.05) is 6.54 Å². The quantitative estimate of drug-likeness (QED) is 0.511. The molecule has 4 rings (SSSR count). The number of hydrogen-bond acceptors (Lipinski definition) is 1. The molecule has 0 atom stereocenters. The Morgan fingerprint density at radius 2 is 1.96 bits per heavy atom. The van der Waals surface area contributed by atoms with Crippen molar-refractivity contribution in [2.24, 2.45) is 0 Å². The van der Waals surface area contributed by atoms with Crippen molar-refractivity contribution in [3.05, 3.63) is 71.5 Å². The minimum absolute atomic E-state index is 0.0615. The highest BCUT2D eigenvalue weighted by Gasteiger charge is 2.07. The average molecular weight is 331 g/mol. The Morgan fingerprint density at radius 1 is 1.08 bits per heavy atom. The summed E-state index contributed by atoms with van der Waals surface area (Å²) < 4.78 is 0. The van der Waals surface area contributed by atoms with Crippen molar-refractivity contribution in [3.8, 4) is 0 Å². The van der Waals surface area contributed by atoms with Gasteiger partial charge in [-0.1, -0.05) is 24.3 Å². The number of aryl methyl sites for hydroxylation is 1. The Kier molecular flexibility index (Phi) is 4.02. The highest BCUT2D eigenvalue weighted by molar-refractivity contribution is 5.85. The Bertz CT molecular complexity index is 1040. The summed E-state index contributed by atoms with van der Waals surface area (Å²) in [5.74, 6) is 0.0615. The van der Waals surface area contributed by atoms with E-state index < -0.39 is 0 Å². The summed E-state index contributed by atoms with van der Waals surface area (Å²) in [6.07, 6.45) is 3.26. The van der Waals surface area contributed by atoms with Gasteiger partial charge in [-0.3, -0.25) is 4.79 Å². The average Bonchev–Trinajstić information content (AvgIpc) is 3.17. The number of nitrogens with one attached hydrogen (secondary N) is 3. The molecule has 25 heavy (non-hydrogen) atoms. The maximum absolute atomic E-state index is 12.2. The molecule has 4 heteroatoms. The number of rotatable bonds is 5. The number of para-hydroxylation sites is 1. The van der Waals surface area contributed by atoms with Gasteiger partial charge in [-0.2, -0.15) is 0 Å². The van der Waals surface area contributed by atoms with Crippen molar-refractivity contribution >= 4 is 27.7 Å². The lowest BCUT2D eigenvalue weighted by molar-refractivity contribution is -0.120. The van der Waals surface area contributed by atoms with Crippen LogP contribution in [0.25, 0.3) is 21.8 Å². The van der Waals surface area contributed by atoms with E-state index >= 15 is 0 Å². The van der Waals surface area contributed by atoms with Crippen LogP contribution in [0.3, 0.4) is 0 Å². The maximum atomic E-state index is 12.2. The topological polar surface area (TPSA) is 60.7 Å². The lowest BCUT2D eigenvalue weighted by Crippen LogP contribution is -2.27. The van der Waals surface area contributed by atoms with E-state index in [1.165, 1.54) is 10.9 Å². The van der Waals surface area contributed by atoms with Crippen LogP contribution in [0.5, 0.6) is 0 Å². The van der Waals surface area contributed by atoms with Gasteiger partial charge in [-0.05, 0) is 54.1 Å². The van der Waals surface area contributed by atoms with Gasteiger partial charge in [0.15, 0.2) is 0 Å². The molecule has 3 N–H and O–H groups in total. The van der Waals surface area contributed by atoms with Gasteiger partial charge in [-0.15, -0.1) is 0 Å². The van der Waals surface area contributed by atoms with Crippen LogP contribution in [0.2, 0.25) is 0 Å². The Hall–Kier alpha value is -3.01. The third-order valence-electron chi connectivity index (χ3n) is 4.58. The summed E-state index contributed by atoms with van der Waals surface area (Å²) in [7, 11) is 0. The van der Waals surface area contributed by atoms with Crippen LogP contribution in [0, 0.1) is 6.92 Å². The van der Waals surface area contributed by atoms with Gasteiger partial charge in [0.2, 0.25) is 5.91 Å². The predicted octanol–water partition coefficient (Wildman–Crippen LogP) is 3.86. The van der Waals surface area contributed by atoms with Crippen LogP contribution in [-0.4, -0.2) is 22.4 Å². The van der Waals surface area contributed by atoms with Crippen molar-refractivity contribution in [2.45, 2.75) is 19.8 Å². The second kappa shape index (κ2) is 6.48. The molecule has 0 saturated carbocycles. The van der Waals surface area contributed by atoms with E-state index in [4.69, 9.17) is 0 Å². The molecule has 4 nitrogen and oxygen atoms in total. The van der Waals surface area contributed by atoms with Gasteiger partial charge in [0, 0.05) is 34.9 Å². The number of benzene rings is 2. The molecule has 0 fully saturated rings. The van der Waals surface area contributed by atoms with E-state index in [1.54, 1.807) is 0 Å². The van der Waals surface area contributed by atoms with Crippen molar-refractivity contribution in [1.29, 1.82) is 0 Å². The Morgan fingerprint density at radius 3 is 2.88 bits per heavy atom. The third kappa shape index (κ3) is 3.29. The molecular formula is C21H21N3O. The van der Waals surface area contributed by atoms with E-state index in [1.807, 2.05) is 37.4 Å². The molecule has 2 heterocycles. The number of aromatic amines is 2. The number of carbonyl (C=O) groups excluding carboxylic acids is 1. The third-order valence-corrected chi connectivity index (χ3v) is 4.58. The molecule has 0 bridgehead atoms. The predicted molar refractivity (Wildman–Crippen MR) is 102 cm³/mol. The van der Waals surface area contributed by atoms with Crippen molar-refractivity contribution in [3.63, 3.8) is 0 Å². The summed E-state index contributed by atoms with van der Waals surface area (Å²) in [6.45, 7) is 2.68. The van der Waals surface area contributed by atoms with Gasteiger partial charge in [0.05, 0.1) is 6.42 Å². The second-order valence-electron chi connectivity index (χ2n) is 6.51. The number of amides is 1. The number of fused-ring (bicyclic) bond motifs is 2. The molecule has 0 aliphatic heterocycles. The highest BCUT2D eigenvalue weighted by Crippen LogP contribution is 2.18. The molecule has 4 aromatic rings. The lowest BCUT2D eigenvalue weighted by Gasteiger charge is -2.05. The summed E-state index contributed by atoms with van der Waals surface area (Å²) in [5, 5.41) is 5.41. The first-order valence-electron chi connectivity index (χ1n) is 8.59. The molecule has 0 spiro atoms. The van der Waals surface area contributed by atoms with E-state index in [0.717, 1.165) is 34.1 Å². The second-order valence-corrected chi connectivity index (χ2v) is 6.51. The number of hydrogen-bond donors (Lipinski definition) is 3. The summed E-state index contributed by atoms with van der Waals surface area (Å²) >= 11 is 0. The van der Waals surface area contributed by atoms with Crippen LogP contribution in [0.1, 0.15) is 16.8 Å². The summed E-state index contributed by atoms with van der Waals surface area (Å²) in [5.41, 5.74) is 5.66. The molecule has 0 aliphatic rings. The van der Waals surface area contributed by atoms with E-state index in [9.17, 15) is 4.79 Å². The fraction of sp³-hybridized carbons (Fsp3) is 0.190. The van der Waals surface area contributed by atoms with Gasteiger partial charge in [0.25, 0.3) is 0 Å². The zero-order valence-corrected chi connectivity index (χ0v) is 14.2. The number of carbonyl (C=O) groups is 1. The molecular weight excluding hydrogens is 310 g/mol. The molecule has 0 radical (unpaired) electrons. The number of H-pyrrole nitrogens is 2. The van der Waals surface area contributed by atoms with E-state index in [0.29, 0.717) is 13.0 Å². The standard InChI is InChI=1S/C21H21N3O/c1-14-10-17-11-15(6-7-19(17)24-14)12-21(25)22-9-8-16-13-23-20-5-3-2-4-18(16)20/h2-7,10-11,13,23-24H,8-9,12H2,1H3,(H,22,25). The highest BCUT2D eigenvalue weighted by atomic mass is 16.1. The lowest BCUT2D eigenvalue weighted by atomic mass is 10.1. The summed E-state index contributed by atoms with van der Waals surface area (Å²) in [6, 6.07) is 16.5. The van der Waals surface area contributed by atoms with Crippen LogP contribution in [-0.2, 0) is 17.6 Å². The zero-order valence-electron chi connectivity index (χ0n) is 14.2. The van der Waals surface area contributed by atoms with Gasteiger partial charge in [-0.25, -0.2) is 0 Å². The van der Waals surface area contributed by atoms with Crippen LogP contribution in [0.4, 0.5) is 0 Å². The monoisotopic (exact) mass is 331 g/mol. The van der Waals surface area contributed by atoms with Crippen molar-refractivity contribution < 1.29 is 4.79 Å². The Balaban J connectivity index is 1.35. The fourth-order valence-electron chi connectivity index (χ4n) is 3.36. The number of aromatic nitrogens is 2. The normalized spacial score (nSPS) is 11.2. The largest absolute Gasteiger partial charge is 0.361 e. The van der Waals surface area contributed by atoms with Crippen molar-refractivity contribution in [1.82, 2.24) is 15.3 Å². The molecule has 0 aliphatic carbocycles. The molecule has 0 saturated heterocycles. The van der Waals surface area contributed by atoms with Gasteiger partial charge in [0.1, 0.15) is 0 Å². The molecule has 126 valence electrons. The first kappa shape index (κ1) is 15.5. The fourth-order valence-corrected chi connectivity index (χ4v) is 3.36. The molecule has 1 amide bonds. The molecule has 2 aromatic carbocycles. The van der Waals surface area contributed by atoms with Crippen LogP contribution < -0.4 is 5.32 Å². The first-order chi connectivity index (χ1) is 12.2. The molecule has 2 aromatic heterocycles. The minimum Gasteiger partial charge on any atom is -0.361 e. The van der Waals surface area contributed by atoms with E-state index in [2.05, 4.69) is 39.6 Å². The van der Waals surface area contributed by atoms with Gasteiger partial charge >= 0.3 is 0 Å². The first-order valence-corrected chi connectivity index (χ1v) is 8.59. The van der Waals surface area contributed by atoms with Crippen LogP contribution in [0.15, 0.2) is 54.7 Å². The van der Waals surface area contributed by atoms with E-state index in [-0.39, 0.29) is 5.91 Å². The van der Waals surface area contributed by atoms with Crippen LogP contribution >= 0.6 is 0 Å². The SMILES string of the molecule is Cc1cc2cc(CC(=O)NCCc3c[nH]c4ccccc34)ccc2[nH]1. The Labute approximate surface area is 146 Å². The molecule has 0 unspecified atom stereocenters.